The number of halogens is 2. The Morgan fingerprint density at radius 2 is 2.12 bits per heavy atom. The number of alkyl halides is 2. The lowest BCUT2D eigenvalue weighted by Gasteiger charge is -2.24. The molecule has 4 rings (SSSR count). The molecule has 0 spiro atoms. The molecule has 0 unspecified atom stereocenters. The van der Waals surface area contributed by atoms with E-state index in [1.807, 2.05) is 22.9 Å². The van der Waals surface area contributed by atoms with Crippen molar-refractivity contribution in [2.45, 2.75) is 58.7 Å². The molecule has 1 aliphatic rings. The minimum absolute atomic E-state index is 0.0278. The van der Waals surface area contributed by atoms with Crippen LogP contribution in [0.1, 0.15) is 49.6 Å². The fraction of sp³-hybridized carbons (Fsp3) is 0.400. The van der Waals surface area contributed by atoms with Crippen LogP contribution in [-0.4, -0.2) is 27.3 Å². The first-order valence-corrected chi connectivity index (χ1v) is 11.2. The van der Waals surface area contributed by atoms with E-state index in [4.69, 9.17) is 5.10 Å². The molecular weight excluding hydrogens is 426 g/mol. The number of hydrogen-bond donors (Lipinski definition) is 1. The Balaban J connectivity index is 1.49. The van der Waals surface area contributed by atoms with Crippen molar-refractivity contribution in [2.24, 2.45) is 5.92 Å². The summed E-state index contributed by atoms with van der Waals surface area (Å²) in [6.07, 6.45) is 6.33. The largest absolute Gasteiger partial charge is 0.435 e. The summed E-state index contributed by atoms with van der Waals surface area (Å²) in [5.74, 6) is 0.372. The SMILES string of the molecule is CC(C)n1nc(-c2cccc(OC(F)F)c2)c2c1C[C@H](CC(=O)NCc1cccnc1)CC2. The number of hydrogen-bond acceptors (Lipinski definition) is 4. The van der Waals surface area contributed by atoms with Gasteiger partial charge in [-0.1, -0.05) is 18.2 Å². The maximum atomic E-state index is 12.7. The lowest BCUT2D eigenvalue weighted by Crippen LogP contribution is -2.28. The highest BCUT2D eigenvalue weighted by Crippen LogP contribution is 2.36. The first-order valence-electron chi connectivity index (χ1n) is 11.2. The van der Waals surface area contributed by atoms with Crippen LogP contribution in [0.4, 0.5) is 8.78 Å². The standard InChI is InChI=1S/C25H28F2N4O2/c1-16(2)31-22-11-17(12-23(32)29-15-18-5-4-10-28-14-18)8-9-21(22)24(30-31)19-6-3-7-20(13-19)33-25(26)27/h3-7,10,13-14,16-17,25H,8-9,11-12,15H2,1-2H3,(H,29,32)/t17-/m1/s1. The quantitative estimate of drug-likeness (QED) is 0.524. The summed E-state index contributed by atoms with van der Waals surface area (Å²) in [4.78, 5) is 16.6. The maximum Gasteiger partial charge on any atom is 0.387 e. The van der Waals surface area contributed by atoms with Crippen molar-refractivity contribution in [3.63, 3.8) is 0 Å². The summed E-state index contributed by atoms with van der Waals surface area (Å²) < 4.78 is 31.9. The van der Waals surface area contributed by atoms with E-state index in [-0.39, 0.29) is 23.6 Å². The highest BCUT2D eigenvalue weighted by molar-refractivity contribution is 5.76. The number of nitrogens with zero attached hydrogens (tertiary/aromatic N) is 3. The van der Waals surface area contributed by atoms with Gasteiger partial charge in [-0.15, -0.1) is 0 Å². The number of amides is 1. The zero-order valence-electron chi connectivity index (χ0n) is 18.8. The van der Waals surface area contributed by atoms with E-state index in [2.05, 4.69) is 28.9 Å². The number of aromatic nitrogens is 3. The second-order valence-corrected chi connectivity index (χ2v) is 8.67. The Morgan fingerprint density at radius 3 is 2.85 bits per heavy atom. The van der Waals surface area contributed by atoms with Crippen molar-refractivity contribution in [3.8, 4) is 17.0 Å². The molecule has 33 heavy (non-hydrogen) atoms. The molecule has 0 bridgehead atoms. The highest BCUT2D eigenvalue weighted by Gasteiger charge is 2.29. The molecule has 6 nitrogen and oxygen atoms in total. The van der Waals surface area contributed by atoms with Crippen molar-refractivity contribution in [1.82, 2.24) is 20.1 Å². The van der Waals surface area contributed by atoms with E-state index in [9.17, 15) is 13.6 Å². The van der Waals surface area contributed by atoms with Crippen molar-refractivity contribution >= 4 is 5.91 Å². The van der Waals surface area contributed by atoms with Crippen LogP contribution in [0.25, 0.3) is 11.3 Å². The third-order valence-corrected chi connectivity index (χ3v) is 5.91. The Morgan fingerprint density at radius 1 is 1.27 bits per heavy atom. The van der Waals surface area contributed by atoms with Gasteiger partial charge in [0.1, 0.15) is 5.75 Å². The van der Waals surface area contributed by atoms with Gasteiger partial charge >= 0.3 is 6.61 Å². The van der Waals surface area contributed by atoms with Gasteiger partial charge in [0, 0.05) is 48.2 Å². The summed E-state index contributed by atoms with van der Waals surface area (Å²) in [5, 5.41) is 7.82. The normalized spacial score (nSPS) is 15.5. The van der Waals surface area contributed by atoms with Gasteiger partial charge in [0.15, 0.2) is 0 Å². The van der Waals surface area contributed by atoms with E-state index >= 15 is 0 Å². The lowest BCUT2D eigenvalue weighted by molar-refractivity contribution is -0.122. The second-order valence-electron chi connectivity index (χ2n) is 8.67. The minimum Gasteiger partial charge on any atom is -0.435 e. The van der Waals surface area contributed by atoms with Crippen LogP contribution in [0.5, 0.6) is 5.75 Å². The molecule has 0 aliphatic heterocycles. The van der Waals surface area contributed by atoms with Crippen LogP contribution in [-0.2, 0) is 24.2 Å². The van der Waals surface area contributed by atoms with Gasteiger partial charge in [0.2, 0.25) is 5.91 Å². The second kappa shape index (κ2) is 10.1. The Labute approximate surface area is 192 Å². The van der Waals surface area contributed by atoms with Crippen LogP contribution in [0, 0.1) is 5.92 Å². The predicted octanol–water partition coefficient (Wildman–Crippen LogP) is 4.94. The summed E-state index contributed by atoms with van der Waals surface area (Å²) in [5.41, 5.74) is 4.79. The van der Waals surface area contributed by atoms with Crippen molar-refractivity contribution < 1.29 is 18.3 Å². The van der Waals surface area contributed by atoms with Crippen LogP contribution in [0.3, 0.4) is 0 Å². The van der Waals surface area contributed by atoms with Gasteiger partial charge in [-0.25, -0.2) is 0 Å². The average Bonchev–Trinajstić information content (AvgIpc) is 3.17. The summed E-state index contributed by atoms with van der Waals surface area (Å²) in [6, 6.07) is 10.6. The number of benzene rings is 1. The smallest absolute Gasteiger partial charge is 0.387 e. The first-order chi connectivity index (χ1) is 15.9. The van der Waals surface area contributed by atoms with Crippen molar-refractivity contribution in [2.75, 3.05) is 0 Å². The van der Waals surface area contributed by atoms with Gasteiger partial charge in [-0.2, -0.15) is 13.9 Å². The number of fused-ring (bicyclic) bond motifs is 1. The third-order valence-electron chi connectivity index (χ3n) is 5.91. The molecule has 2 aromatic heterocycles. The lowest BCUT2D eigenvalue weighted by atomic mass is 9.83. The number of carbonyl (C=O) groups excluding carboxylic acids is 1. The summed E-state index contributed by atoms with van der Waals surface area (Å²) in [7, 11) is 0. The van der Waals surface area contributed by atoms with Gasteiger partial charge in [-0.05, 0) is 62.8 Å². The highest BCUT2D eigenvalue weighted by atomic mass is 19.3. The zero-order valence-corrected chi connectivity index (χ0v) is 18.8. The van der Waals surface area contributed by atoms with Crippen molar-refractivity contribution in [1.29, 1.82) is 0 Å². The van der Waals surface area contributed by atoms with E-state index < -0.39 is 6.61 Å². The number of nitrogens with one attached hydrogen (secondary N) is 1. The number of rotatable bonds is 8. The Kier molecular flexibility index (Phi) is 7.01. The molecular formula is C25H28F2N4O2. The number of carbonyl (C=O) groups is 1. The molecule has 3 aromatic rings. The summed E-state index contributed by atoms with van der Waals surface area (Å²) in [6.45, 7) is 1.73. The van der Waals surface area contributed by atoms with E-state index in [1.165, 1.54) is 6.07 Å². The van der Waals surface area contributed by atoms with Crippen LogP contribution in [0.15, 0.2) is 48.8 Å². The molecule has 2 heterocycles. The molecule has 0 fully saturated rings. The maximum absolute atomic E-state index is 12.7. The first kappa shape index (κ1) is 22.9. The topological polar surface area (TPSA) is 69.0 Å². The molecule has 174 valence electrons. The fourth-order valence-corrected chi connectivity index (χ4v) is 4.40. The van der Waals surface area contributed by atoms with E-state index in [1.54, 1.807) is 24.5 Å². The van der Waals surface area contributed by atoms with Gasteiger partial charge < -0.3 is 10.1 Å². The molecule has 0 saturated heterocycles. The Bertz CT molecular complexity index is 1100. The van der Waals surface area contributed by atoms with Crippen LogP contribution in [0.2, 0.25) is 0 Å². The van der Waals surface area contributed by atoms with E-state index in [0.717, 1.165) is 47.3 Å². The zero-order chi connectivity index (χ0) is 23.4. The molecule has 0 saturated carbocycles. The predicted molar refractivity (Wildman–Crippen MR) is 121 cm³/mol. The fourth-order valence-electron chi connectivity index (χ4n) is 4.40. The summed E-state index contributed by atoms with van der Waals surface area (Å²) >= 11 is 0. The van der Waals surface area contributed by atoms with Crippen LogP contribution >= 0.6 is 0 Å². The average molecular weight is 455 g/mol. The Hall–Kier alpha value is -3.29. The van der Waals surface area contributed by atoms with Gasteiger partial charge in [0.05, 0.1) is 5.69 Å². The molecule has 1 aromatic carbocycles. The minimum atomic E-state index is -2.87. The third kappa shape index (κ3) is 5.56. The molecule has 1 atom stereocenters. The molecule has 1 amide bonds. The monoisotopic (exact) mass is 454 g/mol. The molecule has 8 heteroatoms. The number of pyridine rings is 1. The molecule has 1 N–H and O–H groups in total. The number of ether oxygens (including phenoxy) is 1. The van der Waals surface area contributed by atoms with Crippen LogP contribution < -0.4 is 10.1 Å². The molecule has 0 radical (unpaired) electrons. The molecule has 1 aliphatic carbocycles. The van der Waals surface area contributed by atoms with E-state index in [0.29, 0.717) is 13.0 Å². The van der Waals surface area contributed by atoms with Gasteiger partial charge in [-0.3, -0.25) is 14.5 Å². The van der Waals surface area contributed by atoms with Crippen molar-refractivity contribution in [3.05, 3.63) is 65.6 Å². The van der Waals surface area contributed by atoms with Gasteiger partial charge in [0.25, 0.3) is 0 Å².